The van der Waals surface area contributed by atoms with Crippen molar-refractivity contribution < 1.29 is 4.79 Å². The Bertz CT molecular complexity index is 363. The van der Waals surface area contributed by atoms with Crippen molar-refractivity contribution in [3.63, 3.8) is 0 Å². The molecule has 92 valence electrons. The predicted molar refractivity (Wildman–Crippen MR) is 70.2 cm³/mol. The molecule has 1 aromatic rings. The molecule has 1 heterocycles. The fourth-order valence-corrected chi connectivity index (χ4v) is 2.34. The van der Waals surface area contributed by atoms with Gasteiger partial charge in [-0.15, -0.1) is 0 Å². The van der Waals surface area contributed by atoms with E-state index in [0.29, 0.717) is 12.2 Å². The second-order valence-corrected chi connectivity index (χ2v) is 4.79. The maximum absolute atomic E-state index is 11.9. The van der Waals surface area contributed by atoms with Crippen molar-refractivity contribution in [1.29, 1.82) is 0 Å². The van der Waals surface area contributed by atoms with Crippen molar-refractivity contribution >= 4 is 5.78 Å². The first-order valence-electron chi connectivity index (χ1n) is 6.63. The van der Waals surface area contributed by atoms with Gasteiger partial charge in [-0.3, -0.25) is 4.79 Å². The summed E-state index contributed by atoms with van der Waals surface area (Å²) in [5.41, 5.74) is 2.63. The summed E-state index contributed by atoms with van der Waals surface area (Å²) in [5.74, 6) is 0.377. The quantitative estimate of drug-likeness (QED) is 0.843. The number of aryl methyl sites for hydroxylation is 2. The minimum atomic E-state index is 0.130. The van der Waals surface area contributed by atoms with Gasteiger partial charge >= 0.3 is 0 Å². The maximum Gasteiger partial charge on any atom is 0.150 e. The van der Waals surface area contributed by atoms with E-state index in [1.165, 1.54) is 11.1 Å². The second-order valence-electron chi connectivity index (χ2n) is 4.79. The topological polar surface area (TPSA) is 29.1 Å². The third-order valence-corrected chi connectivity index (χ3v) is 3.54. The van der Waals surface area contributed by atoms with Crippen LogP contribution in [0.5, 0.6) is 0 Å². The molecule has 1 aliphatic rings. The highest BCUT2D eigenvalue weighted by molar-refractivity contribution is 5.84. The van der Waals surface area contributed by atoms with E-state index in [1.54, 1.807) is 0 Å². The highest BCUT2D eigenvalue weighted by atomic mass is 16.1. The summed E-state index contributed by atoms with van der Waals surface area (Å²) < 4.78 is 0. The summed E-state index contributed by atoms with van der Waals surface area (Å²) in [6.45, 7) is 3.16. The first-order valence-corrected chi connectivity index (χ1v) is 6.63. The lowest BCUT2D eigenvalue weighted by Gasteiger charge is -2.08. The van der Waals surface area contributed by atoms with Crippen molar-refractivity contribution in [1.82, 2.24) is 5.32 Å². The zero-order valence-corrected chi connectivity index (χ0v) is 10.5. The van der Waals surface area contributed by atoms with E-state index in [1.807, 2.05) is 0 Å². The Morgan fingerprint density at radius 2 is 2.00 bits per heavy atom. The van der Waals surface area contributed by atoms with E-state index in [9.17, 15) is 4.79 Å². The van der Waals surface area contributed by atoms with Gasteiger partial charge in [0.15, 0.2) is 0 Å². The fourth-order valence-electron chi connectivity index (χ4n) is 2.34. The van der Waals surface area contributed by atoms with Crippen LogP contribution < -0.4 is 5.32 Å². The van der Waals surface area contributed by atoms with Gasteiger partial charge in [0.05, 0.1) is 6.04 Å². The van der Waals surface area contributed by atoms with Crippen LogP contribution in [-0.2, 0) is 17.6 Å². The van der Waals surface area contributed by atoms with E-state index in [2.05, 4.69) is 36.5 Å². The zero-order valence-electron chi connectivity index (χ0n) is 10.5. The van der Waals surface area contributed by atoms with Gasteiger partial charge in [-0.05, 0) is 43.4 Å². The number of rotatable bonds is 5. The molecular weight excluding hydrogens is 210 g/mol. The Morgan fingerprint density at radius 3 is 2.59 bits per heavy atom. The Balaban J connectivity index is 1.82. The summed E-state index contributed by atoms with van der Waals surface area (Å²) in [5, 5.41) is 3.26. The molecule has 1 unspecified atom stereocenters. The van der Waals surface area contributed by atoms with Gasteiger partial charge in [-0.1, -0.05) is 31.2 Å². The molecule has 0 aromatic heterocycles. The Morgan fingerprint density at radius 1 is 1.29 bits per heavy atom. The second kappa shape index (κ2) is 5.97. The van der Waals surface area contributed by atoms with Crippen LogP contribution in [0.4, 0.5) is 0 Å². The Hall–Kier alpha value is -1.15. The van der Waals surface area contributed by atoms with Gasteiger partial charge in [0.1, 0.15) is 5.78 Å². The van der Waals surface area contributed by atoms with Crippen LogP contribution in [0.1, 0.15) is 37.3 Å². The van der Waals surface area contributed by atoms with Crippen molar-refractivity contribution in [2.24, 2.45) is 0 Å². The third kappa shape index (κ3) is 3.40. The molecule has 0 amide bonds. The van der Waals surface area contributed by atoms with Gasteiger partial charge in [-0.25, -0.2) is 0 Å². The van der Waals surface area contributed by atoms with Crippen LogP contribution in [0.2, 0.25) is 0 Å². The lowest BCUT2D eigenvalue weighted by atomic mass is 10.0. The maximum atomic E-state index is 11.9. The molecule has 17 heavy (non-hydrogen) atoms. The smallest absolute Gasteiger partial charge is 0.150 e. The van der Waals surface area contributed by atoms with Crippen LogP contribution in [0.25, 0.3) is 0 Å². The van der Waals surface area contributed by atoms with E-state index in [-0.39, 0.29) is 6.04 Å². The molecule has 2 nitrogen and oxygen atoms in total. The monoisotopic (exact) mass is 231 g/mol. The van der Waals surface area contributed by atoms with E-state index in [4.69, 9.17) is 0 Å². The SMILES string of the molecule is CCc1ccc(CCC(=O)C2CCCN2)cc1. The summed E-state index contributed by atoms with van der Waals surface area (Å²) in [6, 6.07) is 8.74. The van der Waals surface area contributed by atoms with Gasteiger partial charge in [-0.2, -0.15) is 0 Å². The Labute approximate surface area is 103 Å². The van der Waals surface area contributed by atoms with E-state index < -0.39 is 0 Å². The number of Topliss-reactive ketones (excluding diaryl/α,β-unsaturated/α-hetero) is 1. The molecule has 0 spiro atoms. The molecule has 0 saturated carbocycles. The molecule has 1 aliphatic heterocycles. The molecule has 1 saturated heterocycles. The number of hydrogen-bond donors (Lipinski definition) is 1. The molecule has 0 radical (unpaired) electrons. The number of carbonyl (C=O) groups excluding carboxylic acids is 1. The molecule has 1 N–H and O–H groups in total. The lowest BCUT2D eigenvalue weighted by Crippen LogP contribution is -2.30. The molecular formula is C15H21NO. The van der Waals surface area contributed by atoms with Crippen molar-refractivity contribution in [2.45, 2.75) is 45.1 Å². The summed E-state index contributed by atoms with van der Waals surface area (Å²) in [4.78, 5) is 11.9. The zero-order chi connectivity index (χ0) is 12.1. The summed E-state index contributed by atoms with van der Waals surface area (Å²) in [7, 11) is 0. The fraction of sp³-hybridized carbons (Fsp3) is 0.533. The van der Waals surface area contributed by atoms with Crippen molar-refractivity contribution in [3.8, 4) is 0 Å². The van der Waals surface area contributed by atoms with Gasteiger partial charge in [0.2, 0.25) is 0 Å². The number of nitrogens with one attached hydrogen (secondary N) is 1. The van der Waals surface area contributed by atoms with E-state index >= 15 is 0 Å². The van der Waals surface area contributed by atoms with Crippen LogP contribution in [0.15, 0.2) is 24.3 Å². The number of hydrogen-bond acceptors (Lipinski definition) is 2. The highest BCUT2D eigenvalue weighted by Crippen LogP contribution is 2.11. The van der Waals surface area contributed by atoms with Crippen LogP contribution in [0, 0.1) is 0 Å². The number of ketones is 1. The highest BCUT2D eigenvalue weighted by Gasteiger charge is 2.21. The third-order valence-electron chi connectivity index (χ3n) is 3.54. The molecule has 1 fully saturated rings. The summed E-state index contributed by atoms with van der Waals surface area (Å²) in [6.07, 6.45) is 4.78. The van der Waals surface area contributed by atoms with Crippen LogP contribution >= 0.6 is 0 Å². The van der Waals surface area contributed by atoms with Gasteiger partial charge in [0.25, 0.3) is 0 Å². The number of carbonyl (C=O) groups is 1. The van der Waals surface area contributed by atoms with Crippen LogP contribution in [0.3, 0.4) is 0 Å². The lowest BCUT2D eigenvalue weighted by molar-refractivity contribution is -0.120. The van der Waals surface area contributed by atoms with Gasteiger partial charge in [0, 0.05) is 6.42 Å². The predicted octanol–water partition coefficient (Wildman–Crippen LogP) is 2.50. The van der Waals surface area contributed by atoms with Crippen LogP contribution in [-0.4, -0.2) is 18.4 Å². The standard InChI is InChI=1S/C15H21NO/c1-2-12-5-7-13(8-6-12)9-10-15(17)14-4-3-11-16-14/h5-8,14,16H,2-4,9-11H2,1H3. The van der Waals surface area contributed by atoms with Gasteiger partial charge < -0.3 is 5.32 Å². The molecule has 2 rings (SSSR count). The molecule has 2 heteroatoms. The molecule has 1 atom stereocenters. The normalized spacial score (nSPS) is 19.5. The first kappa shape index (κ1) is 12.3. The minimum absolute atomic E-state index is 0.130. The minimum Gasteiger partial charge on any atom is -0.307 e. The first-order chi connectivity index (χ1) is 8.29. The Kier molecular flexibility index (Phi) is 4.32. The molecule has 1 aromatic carbocycles. The average Bonchev–Trinajstić information content (AvgIpc) is 2.90. The number of benzene rings is 1. The molecule has 0 bridgehead atoms. The average molecular weight is 231 g/mol. The van der Waals surface area contributed by atoms with E-state index in [0.717, 1.165) is 32.2 Å². The van der Waals surface area contributed by atoms with Crippen molar-refractivity contribution in [3.05, 3.63) is 35.4 Å². The summed E-state index contributed by atoms with van der Waals surface area (Å²) >= 11 is 0. The van der Waals surface area contributed by atoms with Crippen molar-refractivity contribution in [2.75, 3.05) is 6.54 Å². The largest absolute Gasteiger partial charge is 0.307 e. The molecule has 0 aliphatic carbocycles.